The third-order valence-corrected chi connectivity index (χ3v) is 0.737. The highest BCUT2D eigenvalue weighted by Gasteiger charge is 1.88. The highest BCUT2D eigenvalue weighted by atomic mass is 16.4. The maximum absolute atomic E-state index is 9.55. The molecular weight excluding hydrogens is 256 g/mol. The van der Waals surface area contributed by atoms with Crippen molar-refractivity contribution in [2.24, 2.45) is 0 Å². The Hall–Kier alpha value is -2.72. The van der Waals surface area contributed by atoms with Crippen LogP contribution >= 0.6 is 0 Å². The molecule has 0 spiro atoms. The highest BCUT2D eigenvalue weighted by molar-refractivity contribution is 5.90. The van der Waals surface area contributed by atoms with Crippen LogP contribution in [0.5, 0.6) is 0 Å². The summed E-state index contributed by atoms with van der Waals surface area (Å²) in [6.07, 6.45) is 2.23. The van der Waals surface area contributed by atoms with E-state index in [0.717, 1.165) is 0 Å². The number of carbonyl (C=O) groups is 4. The summed E-state index contributed by atoms with van der Waals surface area (Å²) in [6, 6.07) is 0. The van der Waals surface area contributed by atoms with Crippen LogP contribution in [0.2, 0.25) is 0 Å². The van der Waals surface area contributed by atoms with E-state index in [9.17, 15) is 19.2 Å². The first kappa shape index (κ1) is 24.5. The number of hydrogen-bond donors (Lipinski definition) is 4. The molecule has 0 aromatic carbocycles. The fraction of sp³-hybridized carbons (Fsp3) is 0. The molecule has 10 nitrogen and oxygen atoms in total. The zero-order valence-electron chi connectivity index (χ0n) is 8.73. The minimum atomic E-state index is -1.26. The largest absolute Gasteiger partial charge is 0.478 e. The van der Waals surface area contributed by atoms with Crippen molar-refractivity contribution in [2.45, 2.75) is 0 Å². The lowest BCUT2D eigenvalue weighted by atomic mass is 10.5. The van der Waals surface area contributed by atoms with Gasteiger partial charge in [-0.1, -0.05) is 0 Å². The SMILES string of the molecule is O.O.O=C(O)/C=C/C(=O)O.O=C(O)/C=C/C(=O)O. The summed E-state index contributed by atoms with van der Waals surface area (Å²) >= 11 is 0. The molecule has 0 rings (SSSR count). The summed E-state index contributed by atoms with van der Waals surface area (Å²) in [5, 5.41) is 31.2. The Labute approximate surface area is 99.7 Å². The summed E-state index contributed by atoms with van der Waals surface area (Å²) < 4.78 is 0. The Bertz CT molecular complexity index is 274. The van der Waals surface area contributed by atoms with Gasteiger partial charge in [0.1, 0.15) is 0 Å². The zero-order chi connectivity index (χ0) is 13.1. The molecule has 0 aromatic heterocycles. The minimum Gasteiger partial charge on any atom is -0.478 e. The van der Waals surface area contributed by atoms with Crippen LogP contribution in [0.1, 0.15) is 0 Å². The van der Waals surface area contributed by atoms with Crippen molar-refractivity contribution in [1.82, 2.24) is 0 Å². The topological polar surface area (TPSA) is 212 Å². The van der Waals surface area contributed by atoms with Crippen LogP contribution < -0.4 is 0 Å². The quantitative estimate of drug-likeness (QED) is 0.408. The van der Waals surface area contributed by atoms with E-state index in [4.69, 9.17) is 20.4 Å². The van der Waals surface area contributed by atoms with Crippen LogP contribution in [0.15, 0.2) is 24.3 Å². The molecule has 0 saturated heterocycles. The maximum atomic E-state index is 9.55. The molecule has 0 bridgehead atoms. The molecule has 0 heterocycles. The van der Waals surface area contributed by atoms with E-state index in [2.05, 4.69) is 0 Å². The highest BCUT2D eigenvalue weighted by Crippen LogP contribution is 1.71. The molecule has 104 valence electrons. The van der Waals surface area contributed by atoms with Crippen LogP contribution in [0.4, 0.5) is 0 Å². The second-order valence-electron chi connectivity index (χ2n) is 2.02. The van der Waals surface area contributed by atoms with Gasteiger partial charge in [0.15, 0.2) is 0 Å². The predicted molar refractivity (Wildman–Crippen MR) is 56.1 cm³/mol. The summed E-state index contributed by atoms with van der Waals surface area (Å²) in [5.41, 5.74) is 0. The molecule has 0 aliphatic heterocycles. The van der Waals surface area contributed by atoms with Gasteiger partial charge in [-0.3, -0.25) is 0 Å². The van der Waals surface area contributed by atoms with Crippen molar-refractivity contribution in [1.29, 1.82) is 0 Å². The van der Waals surface area contributed by atoms with Crippen molar-refractivity contribution < 1.29 is 50.6 Å². The second-order valence-corrected chi connectivity index (χ2v) is 2.02. The Morgan fingerprint density at radius 1 is 0.500 bits per heavy atom. The minimum absolute atomic E-state index is 0. The van der Waals surface area contributed by atoms with Crippen LogP contribution in [-0.4, -0.2) is 55.3 Å². The first-order chi connectivity index (χ1) is 7.25. The van der Waals surface area contributed by atoms with Gasteiger partial charge in [-0.2, -0.15) is 0 Å². The van der Waals surface area contributed by atoms with E-state index in [1.54, 1.807) is 0 Å². The molecule has 0 atom stereocenters. The third-order valence-electron chi connectivity index (χ3n) is 0.737. The molecule has 8 N–H and O–H groups in total. The third kappa shape index (κ3) is 37.8. The van der Waals surface area contributed by atoms with Gasteiger partial charge >= 0.3 is 23.9 Å². The second kappa shape index (κ2) is 14.3. The van der Waals surface area contributed by atoms with E-state index in [-0.39, 0.29) is 11.0 Å². The molecule has 18 heavy (non-hydrogen) atoms. The van der Waals surface area contributed by atoms with Crippen LogP contribution in [0, 0.1) is 0 Å². The number of hydrogen-bond acceptors (Lipinski definition) is 4. The fourth-order valence-electron chi connectivity index (χ4n) is 0.285. The fourth-order valence-corrected chi connectivity index (χ4v) is 0.285. The molecule has 0 unspecified atom stereocenters. The molecule has 0 radical (unpaired) electrons. The lowest BCUT2D eigenvalue weighted by Gasteiger charge is -1.74. The van der Waals surface area contributed by atoms with Crippen molar-refractivity contribution in [3.8, 4) is 0 Å². The smallest absolute Gasteiger partial charge is 0.328 e. The Balaban J connectivity index is -0.0000000980. The van der Waals surface area contributed by atoms with E-state index >= 15 is 0 Å². The molecular formula is C8H12O10. The number of carboxylic acids is 4. The average Bonchev–Trinajstić information content (AvgIpc) is 2.12. The van der Waals surface area contributed by atoms with E-state index in [0.29, 0.717) is 24.3 Å². The Morgan fingerprint density at radius 2 is 0.611 bits per heavy atom. The normalized spacial score (nSPS) is 8.44. The molecule has 0 aromatic rings. The maximum Gasteiger partial charge on any atom is 0.328 e. The number of carboxylic acid groups (broad SMARTS) is 4. The van der Waals surface area contributed by atoms with Gasteiger partial charge in [-0.05, 0) is 0 Å². The monoisotopic (exact) mass is 268 g/mol. The first-order valence-corrected chi connectivity index (χ1v) is 3.53. The molecule has 0 aliphatic carbocycles. The summed E-state index contributed by atoms with van der Waals surface area (Å²) in [5.74, 6) is -5.03. The van der Waals surface area contributed by atoms with Crippen molar-refractivity contribution in [2.75, 3.05) is 0 Å². The van der Waals surface area contributed by atoms with Crippen LogP contribution in [0.3, 0.4) is 0 Å². The van der Waals surface area contributed by atoms with Gasteiger partial charge in [0.2, 0.25) is 0 Å². The summed E-state index contributed by atoms with van der Waals surface area (Å²) in [7, 11) is 0. The van der Waals surface area contributed by atoms with Crippen LogP contribution in [-0.2, 0) is 19.2 Å². The van der Waals surface area contributed by atoms with Gasteiger partial charge in [0.05, 0.1) is 0 Å². The van der Waals surface area contributed by atoms with E-state index in [1.165, 1.54) is 0 Å². The predicted octanol–water partition coefficient (Wildman–Crippen LogP) is -2.23. The van der Waals surface area contributed by atoms with Crippen molar-refractivity contribution >= 4 is 23.9 Å². The standard InChI is InChI=1S/2C4H4O4.2H2O/c2*5-3(6)1-2-4(7)8;;/h2*1-2H,(H,5,6)(H,7,8);2*1H2/b2*2-1+;;. The van der Waals surface area contributed by atoms with Crippen molar-refractivity contribution in [3.05, 3.63) is 24.3 Å². The number of aliphatic carboxylic acids is 4. The average molecular weight is 268 g/mol. The van der Waals surface area contributed by atoms with E-state index in [1.807, 2.05) is 0 Å². The first-order valence-electron chi connectivity index (χ1n) is 3.53. The van der Waals surface area contributed by atoms with Crippen molar-refractivity contribution in [3.63, 3.8) is 0 Å². The van der Waals surface area contributed by atoms with Gasteiger partial charge in [-0.15, -0.1) is 0 Å². The van der Waals surface area contributed by atoms with Gasteiger partial charge in [0, 0.05) is 24.3 Å². The lowest BCUT2D eigenvalue weighted by Crippen LogP contribution is -1.91. The number of rotatable bonds is 4. The van der Waals surface area contributed by atoms with E-state index < -0.39 is 23.9 Å². The van der Waals surface area contributed by atoms with Gasteiger partial charge < -0.3 is 31.4 Å². The molecule has 0 fully saturated rings. The molecule has 10 heteroatoms. The van der Waals surface area contributed by atoms with Gasteiger partial charge in [-0.25, -0.2) is 19.2 Å². The molecule has 0 saturated carbocycles. The Morgan fingerprint density at radius 3 is 0.667 bits per heavy atom. The summed E-state index contributed by atoms with van der Waals surface area (Å²) in [6.45, 7) is 0. The Kier molecular flexibility index (Phi) is 19.4. The van der Waals surface area contributed by atoms with Crippen LogP contribution in [0.25, 0.3) is 0 Å². The molecule has 0 amide bonds. The summed E-state index contributed by atoms with van der Waals surface area (Å²) in [4.78, 5) is 38.2. The lowest BCUT2D eigenvalue weighted by molar-refractivity contribution is -0.134. The molecule has 0 aliphatic rings. The zero-order valence-corrected chi connectivity index (χ0v) is 8.73. The van der Waals surface area contributed by atoms with Gasteiger partial charge in [0.25, 0.3) is 0 Å².